The third-order valence-electron chi connectivity index (χ3n) is 3.56. The minimum Gasteiger partial charge on any atom is -0.285 e. The van der Waals surface area contributed by atoms with Gasteiger partial charge in [-0.05, 0) is 30.4 Å². The molecule has 0 amide bonds. The van der Waals surface area contributed by atoms with Crippen molar-refractivity contribution in [3.05, 3.63) is 71.8 Å². The lowest BCUT2D eigenvalue weighted by Gasteiger charge is -2.14. The van der Waals surface area contributed by atoms with E-state index in [9.17, 15) is 13.0 Å². The van der Waals surface area contributed by atoms with Crippen LogP contribution in [0.5, 0.6) is 0 Å². The Morgan fingerprint density at radius 2 is 1.43 bits per heavy atom. The molecule has 0 aliphatic carbocycles. The Kier molecular flexibility index (Phi) is 5.53. The molecule has 0 heterocycles. The summed E-state index contributed by atoms with van der Waals surface area (Å²) < 4.78 is 32.5. The monoisotopic (exact) mass is 304 g/mol. The minimum absolute atomic E-state index is 0.440. The van der Waals surface area contributed by atoms with Crippen LogP contribution in [-0.4, -0.2) is 13.0 Å². The molecule has 0 aromatic heterocycles. The van der Waals surface area contributed by atoms with Crippen LogP contribution < -0.4 is 0 Å². The van der Waals surface area contributed by atoms with E-state index in [4.69, 9.17) is 0 Å². The first-order chi connectivity index (χ1) is 10.1. The molecule has 0 fully saturated rings. The van der Waals surface area contributed by atoms with Gasteiger partial charge in [-0.2, -0.15) is 8.42 Å². The third-order valence-corrected chi connectivity index (χ3v) is 4.78. The Hall–Kier alpha value is -1.65. The van der Waals surface area contributed by atoms with Crippen molar-refractivity contribution in [3.63, 3.8) is 0 Å². The zero-order valence-corrected chi connectivity index (χ0v) is 12.7. The van der Waals surface area contributed by atoms with Crippen LogP contribution in [0.15, 0.2) is 60.7 Å². The summed E-state index contributed by atoms with van der Waals surface area (Å²) in [5, 5.41) is -0.825. The number of hydrogen-bond acceptors (Lipinski definition) is 2. The average molecular weight is 304 g/mol. The third kappa shape index (κ3) is 4.99. The Labute approximate surface area is 126 Å². The molecule has 1 N–H and O–H groups in total. The normalized spacial score (nSPS) is 13.0. The predicted octanol–water partition coefficient (Wildman–Crippen LogP) is 4.03. The second-order valence-corrected chi connectivity index (χ2v) is 6.74. The topological polar surface area (TPSA) is 54.4 Å². The number of rotatable bonds is 7. The zero-order valence-electron chi connectivity index (χ0n) is 11.9. The largest absolute Gasteiger partial charge is 0.285 e. The summed E-state index contributed by atoms with van der Waals surface area (Å²) in [4.78, 5) is 0. The van der Waals surface area contributed by atoms with Crippen LogP contribution in [0.1, 0.15) is 35.6 Å². The van der Waals surface area contributed by atoms with E-state index in [1.165, 1.54) is 5.56 Å². The van der Waals surface area contributed by atoms with E-state index in [0.29, 0.717) is 12.0 Å². The van der Waals surface area contributed by atoms with Gasteiger partial charge in [0.25, 0.3) is 10.1 Å². The van der Waals surface area contributed by atoms with Crippen molar-refractivity contribution in [1.29, 1.82) is 0 Å². The second kappa shape index (κ2) is 7.38. The molecule has 0 aliphatic rings. The van der Waals surface area contributed by atoms with E-state index in [1.807, 2.05) is 24.3 Å². The smallest absolute Gasteiger partial charge is 0.271 e. The van der Waals surface area contributed by atoms with Crippen molar-refractivity contribution in [2.24, 2.45) is 0 Å². The van der Waals surface area contributed by atoms with Crippen molar-refractivity contribution in [2.45, 2.75) is 30.9 Å². The summed E-state index contributed by atoms with van der Waals surface area (Å²) in [6, 6.07) is 19.0. The molecule has 0 radical (unpaired) electrons. The number of unbranched alkanes of at least 4 members (excludes halogenated alkanes) is 1. The molecule has 0 saturated heterocycles. The van der Waals surface area contributed by atoms with Gasteiger partial charge >= 0.3 is 0 Å². The first-order valence-electron chi connectivity index (χ1n) is 7.12. The molecule has 112 valence electrons. The minimum atomic E-state index is -4.06. The lowest BCUT2D eigenvalue weighted by atomic mass is 10.0. The van der Waals surface area contributed by atoms with Crippen LogP contribution in [0.3, 0.4) is 0 Å². The maximum atomic E-state index is 11.6. The molecule has 2 aromatic rings. The summed E-state index contributed by atoms with van der Waals surface area (Å²) >= 11 is 0. The van der Waals surface area contributed by atoms with Gasteiger partial charge in [0.05, 0.1) is 0 Å². The Bertz CT molecular complexity index is 636. The Morgan fingerprint density at radius 3 is 2.00 bits per heavy atom. The molecular weight excluding hydrogens is 284 g/mol. The van der Waals surface area contributed by atoms with E-state index >= 15 is 0 Å². The molecule has 4 heteroatoms. The van der Waals surface area contributed by atoms with Gasteiger partial charge in [0.1, 0.15) is 5.25 Å². The second-order valence-electron chi connectivity index (χ2n) is 5.15. The SMILES string of the molecule is O=S(=O)(O)C(CCCCc1ccccc1)c1ccccc1. The highest BCUT2D eigenvalue weighted by Gasteiger charge is 2.24. The van der Waals surface area contributed by atoms with Gasteiger partial charge in [-0.25, -0.2) is 0 Å². The highest BCUT2D eigenvalue weighted by molar-refractivity contribution is 7.86. The first-order valence-corrected chi connectivity index (χ1v) is 8.63. The Balaban J connectivity index is 1.92. The molecule has 2 aromatic carbocycles. The van der Waals surface area contributed by atoms with Gasteiger partial charge in [-0.15, -0.1) is 0 Å². The summed E-state index contributed by atoms with van der Waals surface area (Å²) in [5.41, 5.74) is 1.90. The van der Waals surface area contributed by atoms with E-state index < -0.39 is 15.4 Å². The van der Waals surface area contributed by atoms with Crippen LogP contribution in [0.4, 0.5) is 0 Å². The van der Waals surface area contributed by atoms with Crippen molar-refractivity contribution in [2.75, 3.05) is 0 Å². The molecule has 21 heavy (non-hydrogen) atoms. The van der Waals surface area contributed by atoms with Gasteiger partial charge in [0.2, 0.25) is 0 Å². The highest BCUT2D eigenvalue weighted by Crippen LogP contribution is 2.27. The van der Waals surface area contributed by atoms with Crippen molar-refractivity contribution in [3.8, 4) is 0 Å². The van der Waals surface area contributed by atoms with E-state index in [-0.39, 0.29) is 0 Å². The van der Waals surface area contributed by atoms with Crippen LogP contribution in [0.2, 0.25) is 0 Å². The van der Waals surface area contributed by atoms with Gasteiger partial charge in [-0.1, -0.05) is 67.1 Å². The molecular formula is C17H20O3S. The standard InChI is InChI=1S/C17H20O3S/c18-21(19,20)17(16-12-5-2-6-13-16)14-8-7-11-15-9-3-1-4-10-15/h1-6,9-10,12-13,17H,7-8,11,14H2,(H,18,19,20). The highest BCUT2D eigenvalue weighted by atomic mass is 32.2. The molecule has 2 rings (SSSR count). The zero-order chi connectivity index (χ0) is 15.1. The average Bonchev–Trinajstić information content (AvgIpc) is 2.48. The molecule has 0 bridgehead atoms. The molecule has 1 atom stereocenters. The van der Waals surface area contributed by atoms with Crippen molar-refractivity contribution in [1.82, 2.24) is 0 Å². The van der Waals surface area contributed by atoms with E-state index in [0.717, 1.165) is 19.3 Å². The summed E-state index contributed by atoms with van der Waals surface area (Å²) in [6.07, 6.45) is 3.03. The molecule has 0 spiro atoms. The molecule has 0 saturated carbocycles. The fourth-order valence-electron chi connectivity index (χ4n) is 2.46. The van der Waals surface area contributed by atoms with E-state index in [1.54, 1.807) is 24.3 Å². The van der Waals surface area contributed by atoms with Crippen LogP contribution in [0.25, 0.3) is 0 Å². The summed E-state index contributed by atoms with van der Waals surface area (Å²) in [6.45, 7) is 0. The number of hydrogen-bond donors (Lipinski definition) is 1. The predicted molar refractivity (Wildman–Crippen MR) is 84.7 cm³/mol. The van der Waals surface area contributed by atoms with Crippen LogP contribution in [-0.2, 0) is 16.5 Å². The lowest BCUT2D eigenvalue weighted by Crippen LogP contribution is -2.12. The lowest BCUT2D eigenvalue weighted by molar-refractivity contribution is 0.460. The number of aryl methyl sites for hydroxylation is 1. The van der Waals surface area contributed by atoms with Gasteiger partial charge in [0.15, 0.2) is 0 Å². The fourth-order valence-corrected chi connectivity index (χ4v) is 3.42. The maximum Gasteiger partial charge on any atom is 0.271 e. The first kappa shape index (κ1) is 15.7. The fraction of sp³-hybridized carbons (Fsp3) is 0.294. The van der Waals surface area contributed by atoms with Crippen molar-refractivity contribution < 1.29 is 13.0 Å². The van der Waals surface area contributed by atoms with Crippen molar-refractivity contribution >= 4 is 10.1 Å². The summed E-state index contributed by atoms with van der Waals surface area (Å²) in [5.74, 6) is 0. The molecule has 1 unspecified atom stereocenters. The number of benzene rings is 2. The molecule has 0 aliphatic heterocycles. The molecule has 3 nitrogen and oxygen atoms in total. The van der Waals surface area contributed by atoms with E-state index in [2.05, 4.69) is 12.1 Å². The van der Waals surface area contributed by atoms with Gasteiger partial charge in [-0.3, -0.25) is 4.55 Å². The maximum absolute atomic E-state index is 11.6. The quantitative estimate of drug-likeness (QED) is 0.620. The van der Waals surface area contributed by atoms with Gasteiger partial charge in [0, 0.05) is 0 Å². The van der Waals surface area contributed by atoms with Gasteiger partial charge < -0.3 is 0 Å². The van der Waals surface area contributed by atoms with Crippen LogP contribution >= 0.6 is 0 Å². The summed E-state index contributed by atoms with van der Waals surface area (Å²) in [7, 11) is -4.06. The van der Waals surface area contributed by atoms with Crippen LogP contribution in [0, 0.1) is 0 Å². The Morgan fingerprint density at radius 1 is 0.857 bits per heavy atom.